The van der Waals surface area contributed by atoms with E-state index >= 15 is 0 Å². The molecule has 150 valence electrons. The SMILES string of the molecule is C=C/C=C(\C=C/C)Cn1c(C)c(CC)c(C(C)C)c1Sc1cc(C)cc(Cl)c1. The zero-order chi connectivity index (χ0) is 20.8. The van der Waals surface area contributed by atoms with Gasteiger partial charge in [0.05, 0.1) is 5.03 Å². The average Bonchev–Trinajstić information content (AvgIpc) is 2.86. The van der Waals surface area contributed by atoms with Crippen LogP contribution in [-0.4, -0.2) is 4.57 Å². The Bertz CT molecular complexity index is 880. The summed E-state index contributed by atoms with van der Waals surface area (Å²) >= 11 is 8.17. The lowest BCUT2D eigenvalue weighted by Gasteiger charge is -2.15. The fourth-order valence-electron chi connectivity index (χ4n) is 3.71. The van der Waals surface area contributed by atoms with Gasteiger partial charge in [-0.15, -0.1) is 0 Å². The summed E-state index contributed by atoms with van der Waals surface area (Å²) in [5.41, 5.74) is 6.72. The second kappa shape index (κ2) is 10.2. The van der Waals surface area contributed by atoms with Crippen molar-refractivity contribution < 1.29 is 0 Å². The molecule has 0 spiro atoms. The van der Waals surface area contributed by atoms with Crippen LogP contribution in [0.5, 0.6) is 0 Å². The van der Waals surface area contributed by atoms with Crippen molar-refractivity contribution in [1.82, 2.24) is 4.57 Å². The van der Waals surface area contributed by atoms with E-state index in [9.17, 15) is 0 Å². The molecule has 1 aromatic carbocycles. The minimum atomic E-state index is 0.464. The predicted octanol–water partition coefficient (Wildman–Crippen LogP) is 8.28. The van der Waals surface area contributed by atoms with Crippen molar-refractivity contribution >= 4 is 23.4 Å². The maximum Gasteiger partial charge on any atom is 0.0839 e. The van der Waals surface area contributed by atoms with Crippen molar-refractivity contribution in [3.8, 4) is 0 Å². The summed E-state index contributed by atoms with van der Waals surface area (Å²) < 4.78 is 2.46. The number of hydrogen-bond acceptors (Lipinski definition) is 1. The number of hydrogen-bond donors (Lipinski definition) is 0. The maximum absolute atomic E-state index is 6.34. The van der Waals surface area contributed by atoms with E-state index in [1.54, 1.807) is 0 Å². The third-order valence-electron chi connectivity index (χ3n) is 4.86. The normalized spacial score (nSPS) is 12.4. The first-order valence-electron chi connectivity index (χ1n) is 9.93. The van der Waals surface area contributed by atoms with Gasteiger partial charge in [0.1, 0.15) is 0 Å². The molecule has 1 heterocycles. The highest BCUT2D eigenvalue weighted by molar-refractivity contribution is 7.99. The highest BCUT2D eigenvalue weighted by atomic mass is 35.5. The third kappa shape index (κ3) is 5.24. The molecule has 0 radical (unpaired) electrons. The van der Waals surface area contributed by atoms with Gasteiger partial charge in [0.15, 0.2) is 0 Å². The molecular formula is C25H32ClNS. The molecule has 1 nitrogen and oxygen atoms in total. The van der Waals surface area contributed by atoms with Gasteiger partial charge in [-0.2, -0.15) is 0 Å². The molecule has 0 amide bonds. The molecule has 0 unspecified atom stereocenters. The standard InChI is InChI=1S/C25H32ClNS/c1-8-11-20(12-9-2)16-27-19(7)23(10-3)24(17(4)5)25(27)28-22-14-18(6)13-21(26)15-22/h8-9,11-15,17H,1,10,16H2,2-7H3/b12-9-,20-11+. The van der Waals surface area contributed by atoms with Gasteiger partial charge in [-0.25, -0.2) is 0 Å². The van der Waals surface area contributed by atoms with Gasteiger partial charge in [-0.3, -0.25) is 0 Å². The summed E-state index contributed by atoms with van der Waals surface area (Å²) in [5.74, 6) is 0.464. The summed E-state index contributed by atoms with van der Waals surface area (Å²) in [6, 6.07) is 6.28. The number of rotatable bonds is 8. The van der Waals surface area contributed by atoms with Gasteiger partial charge in [0.25, 0.3) is 0 Å². The van der Waals surface area contributed by atoms with Gasteiger partial charge in [0.2, 0.25) is 0 Å². The summed E-state index contributed by atoms with van der Waals surface area (Å²) in [4.78, 5) is 1.19. The molecule has 28 heavy (non-hydrogen) atoms. The van der Waals surface area contributed by atoms with Crippen LogP contribution in [0.15, 0.2) is 64.6 Å². The van der Waals surface area contributed by atoms with Crippen LogP contribution >= 0.6 is 23.4 Å². The number of nitrogens with zero attached hydrogens (tertiary/aromatic N) is 1. The van der Waals surface area contributed by atoms with Crippen LogP contribution < -0.4 is 0 Å². The zero-order valence-corrected chi connectivity index (χ0v) is 19.5. The molecule has 2 rings (SSSR count). The Balaban J connectivity index is 2.65. The van der Waals surface area contributed by atoms with E-state index in [2.05, 4.69) is 83.0 Å². The van der Waals surface area contributed by atoms with Crippen LogP contribution in [0, 0.1) is 13.8 Å². The maximum atomic E-state index is 6.34. The quantitative estimate of drug-likeness (QED) is 0.394. The van der Waals surface area contributed by atoms with Crippen LogP contribution in [0.4, 0.5) is 0 Å². The number of allylic oxidation sites excluding steroid dienone is 5. The minimum absolute atomic E-state index is 0.464. The fourth-order valence-corrected chi connectivity index (χ4v) is 5.50. The predicted molar refractivity (Wildman–Crippen MR) is 126 cm³/mol. The zero-order valence-electron chi connectivity index (χ0n) is 18.0. The largest absolute Gasteiger partial charge is 0.335 e. The average molecular weight is 414 g/mol. The first-order chi connectivity index (χ1) is 13.3. The highest BCUT2D eigenvalue weighted by Gasteiger charge is 2.22. The van der Waals surface area contributed by atoms with Crippen LogP contribution in [0.25, 0.3) is 0 Å². The molecule has 1 aromatic heterocycles. The number of benzene rings is 1. The lowest BCUT2D eigenvalue weighted by atomic mass is 9.99. The molecule has 0 saturated heterocycles. The monoisotopic (exact) mass is 413 g/mol. The van der Waals surface area contributed by atoms with E-state index in [4.69, 9.17) is 11.6 Å². The molecule has 0 aliphatic rings. The fraction of sp³-hybridized carbons (Fsp3) is 0.360. The van der Waals surface area contributed by atoms with Gasteiger partial charge >= 0.3 is 0 Å². The summed E-state index contributed by atoms with van der Waals surface area (Å²) in [7, 11) is 0. The van der Waals surface area contributed by atoms with Crippen molar-refractivity contribution in [3.63, 3.8) is 0 Å². The van der Waals surface area contributed by atoms with Crippen LogP contribution in [0.2, 0.25) is 5.02 Å². The molecule has 0 aliphatic heterocycles. The van der Waals surface area contributed by atoms with E-state index in [-0.39, 0.29) is 0 Å². The molecule has 3 heteroatoms. The Labute approximate surface area is 180 Å². The molecular weight excluding hydrogens is 382 g/mol. The molecule has 0 bridgehead atoms. The van der Waals surface area contributed by atoms with Crippen molar-refractivity contribution in [2.45, 2.75) is 70.3 Å². The summed E-state index contributed by atoms with van der Waals surface area (Å²) in [6.07, 6.45) is 9.26. The Morgan fingerprint density at radius 1 is 1.25 bits per heavy atom. The van der Waals surface area contributed by atoms with E-state index in [1.165, 1.54) is 37.9 Å². The van der Waals surface area contributed by atoms with Gasteiger partial charge in [0, 0.05) is 22.2 Å². The van der Waals surface area contributed by atoms with Gasteiger partial charge in [-0.1, -0.05) is 75.0 Å². The molecule has 0 saturated carbocycles. The number of aryl methyl sites for hydroxylation is 1. The molecule has 0 aliphatic carbocycles. The first-order valence-corrected chi connectivity index (χ1v) is 11.1. The Morgan fingerprint density at radius 2 is 1.96 bits per heavy atom. The Kier molecular flexibility index (Phi) is 8.27. The third-order valence-corrected chi connectivity index (χ3v) is 6.18. The molecule has 0 atom stereocenters. The summed E-state index contributed by atoms with van der Waals surface area (Å²) in [5, 5.41) is 2.12. The Morgan fingerprint density at radius 3 is 2.50 bits per heavy atom. The summed E-state index contributed by atoms with van der Waals surface area (Å²) in [6.45, 7) is 18.0. The van der Waals surface area contributed by atoms with Crippen molar-refractivity contribution in [2.24, 2.45) is 0 Å². The second-order valence-corrected chi connectivity index (χ2v) is 8.92. The molecule has 0 N–H and O–H groups in total. The first kappa shape index (κ1) is 22.6. The van der Waals surface area contributed by atoms with E-state index in [0.29, 0.717) is 5.92 Å². The van der Waals surface area contributed by atoms with Crippen molar-refractivity contribution in [1.29, 1.82) is 0 Å². The second-order valence-electron chi connectivity index (χ2n) is 7.42. The van der Waals surface area contributed by atoms with Crippen LogP contribution in [0.1, 0.15) is 56.0 Å². The minimum Gasteiger partial charge on any atom is -0.335 e. The Hall–Kier alpha value is -1.64. The van der Waals surface area contributed by atoms with Crippen molar-refractivity contribution in [2.75, 3.05) is 0 Å². The number of halogens is 1. The number of aromatic nitrogens is 1. The molecule has 2 aromatic rings. The van der Waals surface area contributed by atoms with Gasteiger partial charge < -0.3 is 4.57 Å². The van der Waals surface area contributed by atoms with E-state index in [0.717, 1.165) is 18.0 Å². The van der Waals surface area contributed by atoms with Crippen LogP contribution in [-0.2, 0) is 13.0 Å². The van der Waals surface area contributed by atoms with E-state index in [1.807, 2.05) is 23.9 Å². The lowest BCUT2D eigenvalue weighted by molar-refractivity contribution is 0.689. The van der Waals surface area contributed by atoms with Crippen molar-refractivity contribution in [3.05, 3.63) is 82.1 Å². The van der Waals surface area contributed by atoms with E-state index < -0.39 is 0 Å². The van der Waals surface area contributed by atoms with Gasteiger partial charge in [-0.05, 0) is 73.6 Å². The smallest absolute Gasteiger partial charge is 0.0839 e. The lowest BCUT2D eigenvalue weighted by Crippen LogP contribution is -2.04. The highest BCUT2D eigenvalue weighted by Crippen LogP contribution is 2.41. The topological polar surface area (TPSA) is 4.93 Å². The van der Waals surface area contributed by atoms with Crippen LogP contribution in [0.3, 0.4) is 0 Å². The molecule has 0 fully saturated rings.